The molecule has 0 unspecified atom stereocenters. The molecule has 2 aliphatic carbocycles. The minimum absolute atomic E-state index is 0.119. The third-order valence-electron chi connectivity index (χ3n) is 5.52. The molecular weight excluding hydrogens is 344 g/mol. The molecule has 2 aromatic rings. The third kappa shape index (κ3) is 3.40. The molecule has 1 aromatic carbocycles. The molecule has 0 radical (unpaired) electrons. The first-order valence-electron chi connectivity index (χ1n) is 9.47. The van der Waals surface area contributed by atoms with Gasteiger partial charge in [0.05, 0.1) is 10.3 Å². The van der Waals surface area contributed by atoms with Crippen LogP contribution in [0, 0.1) is 0 Å². The molecule has 0 saturated heterocycles. The summed E-state index contributed by atoms with van der Waals surface area (Å²) in [6.45, 7) is 0. The molecule has 0 aliphatic heterocycles. The van der Waals surface area contributed by atoms with Gasteiger partial charge >= 0.3 is 0 Å². The molecule has 1 saturated carbocycles. The van der Waals surface area contributed by atoms with E-state index in [0.717, 1.165) is 31.2 Å². The molecule has 0 spiro atoms. The number of nitrogens with one attached hydrogen (secondary N) is 2. The van der Waals surface area contributed by atoms with Crippen molar-refractivity contribution in [1.29, 1.82) is 0 Å². The molecule has 1 aromatic heterocycles. The van der Waals surface area contributed by atoms with Crippen molar-refractivity contribution in [3.05, 3.63) is 57.3 Å². The van der Waals surface area contributed by atoms with Gasteiger partial charge in [0, 0.05) is 4.88 Å². The molecule has 26 heavy (non-hydrogen) atoms. The van der Waals surface area contributed by atoms with Crippen LogP contribution in [0.2, 0.25) is 0 Å². The molecule has 136 valence electrons. The number of amides is 2. The first kappa shape index (κ1) is 17.3. The van der Waals surface area contributed by atoms with Gasteiger partial charge in [0.25, 0.3) is 5.91 Å². The highest BCUT2D eigenvalue weighted by Gasteiger charge is 2.51. The number of benzene rings is 1. The Morgan fingerprint density at radius 3 is 2.38 bits per heavy atom. The molecule has 2 aliphatic rings. The molecule has 4 rings (SSSR count). The van der Waals surface area contributed by atoms with Crippen LogP contribution in [0.3, 0.4) is 0 Å². The number of fused-ring (bicyclic) bond motifs is 1. The number of hydrazine groups is 1. The van der Waals surface area contributed by atoms with Crippen molar-refractivity contribution in [3.8, 4) is 0 Å². The Hall–Kier alpha value is -2.14. The summed E-state index contributed by atoms with van der Waals surface area (Å²) in [6, 6.07) is 11.8. The molecule has 4 nitrogen and oxygen atoms in total. The number of hydrogen-bond donors (Lipinski definition) is 2. The van der Waals surface area contributed by atoms with Crippen LogP contribution in [0.25, 0.3) is 0 Å². The maximum absolute atomic E-state index is 12.6. The van der Waals surface area contributed by atoms with Gasteiger partial charge in [0.2, 0.25) is 5.91 Å². The van der Waals surface area contributed by atoms with E-state index in [4.69, 9.17) is 0 Å². The number of thiophene rings is 1. The maximum atomic E-state index is 12.6. The summed E-state index contributed by atoms with van der Waals surface area (Å²) >= 11 is 1.57. The Morgan fingerprint density at radius 2 is 1.65 bits per heavy atom. The maximum Gasteiger partial charge on any atom is 0.279 e. The lowest BCUT2D eigenvalue weighted by atomic mass is 9.95. The van der Waals surface area contributed by atoms with E-state index in [9.17, 15) is 9.59 Å². The highest BCUT2D eigenvalue weighted by Crippen LogP contribution is 2.48. The third-order valence-corrected chi connectivity index (χ3v) is 6.76. The summed E-state index contributed by atoms with van der Waals surface area (Å²) in [5.41, 5.74) is 7.14. The van der Waals surface area contributed by atoms with Crippen molar-refractivity contribution in [3.63, 3.8) is 0 Å². The molecule has 1 heterocycles. The Kier molecular flexibility index (Phi) is 4.81. The van der Waals surface area contributed by atoms with Crippen molar-refractivity contribution in [2.45, 2.75) is 56.8 Å². The molecule has 0 atom stereocenters. The standard InChI is InChI=1S/C21H24N2O2S/c24-19(18-14-15-8-4-1-2-7-11-17(15)26-18)22-23-20(25)21(12-13-21)16-9-5-3-6-10-16/h3,5-6,9-10,14H,1-2,4,7-8,11-13H2,(H,22,24)(H,23,25). The number of aryl methyl sites for hydroxylation is 2. The fourth-order valence-electron chi connectivity index (χ4n) is 3.78. The van der Waals surface area contributed by atoms with E-state index in [1.807, 2.05) is 36.4 Å². The van der Waals surface area contributed by atoms with Gasteiger partial charge < -0.3 is 0 Å². The zero-order valence-electron chi connectivity index (χ0n) is 14.8. The summed E-state index contributed by atoms with van der Waals surface area (Å²) < 4.78 is 0. The Balaban J connectivity index is 1.40. The fraction of sp³-hybridized carbons (Fsp3) is 0.429. The van der Waals surface area contributed by atoms with Gasteiger partial charge in [-0.2, -0.15) is 0 Å². The summed E-state index contributed by atoms with van der Waals surface area (Å²) in [7, 11) is 0. The lowest BCUT2D eigenvalue weighted by molar-refractivity contribution is -0.124. The van der Waals surface area contributed by atoms with E-state index in [2.05, 4.69) is 10.9 Å². The number of rotatable bonds is 3. The van der Waals surface area contributed by atoms with Crippen molar-refractivity contribution < 1.29 is 9.59 Å². The second kappa shape index (κ2) is 7.23. The topological polar surface area (TPSA) is 58.2 Å². The summed E-state index contributed by atoms with van der Waals surface area (Å²) in [6.07, 6.45) is 8.72. The quantitative estimate of drug-likeness (QED) is 0.807. The average Bonchev–Trinajstić information content (AvgIpc) is 3.38. The molecule has 0 bridgehead atoms. The monoisotopic (exact) mass is 368 g/mol. The van der Waals surface area contributed by atoms with Crippen LogP contribution in [0.1, 0.15) is 64.2 Å². The van der Waals surface area contributed by atoms with Crippen LogP contribution in [0.4, 0.5) is 0 Å². The first-order chi connectivity index (χ1) is 12.7. The van der Waals surface area contributed by atoms with Crippen LogP contribution < -0.4 is 10.9 Å². The normalized spacial score (nSPS) is 18.2. The van der Waals surface area contributed by atoms with Crippen LogP contribution in [0.15, 0.2) is 36.4 Å². The Labute approximate surface area is 158 Å². The van der Waals surface area contributed by atoms with E-state index < -0.39 is 5.41 Å². The fourth-order valence-corrected chi connectivity index (χ4v) is 4.93. The van der Waals surface area contributed by atoms with Gasteiger partial charge in [-0.3, -0.25) is 20.4 Å². The van der Waals surface area contributed by atoms with Crippen LogP contribution in [-0.2, 0) is 23.1 Å². The Bertz CT molecular complexity index is 783. The van der Waals surface area contributed by atoms with Crippen molar-refractivity contribution in [1.82, 2.24) is 10.9 Å². The van der Waals surface area contributed by atoms with E-state index in [1.165, 1.54) is 36.1 Å². The molecule has 2 N–H and O–H groups in total. The lowest BCUT2D eigenvalue weighted by Crippen LogP contribution is -2.46. The smallest absolute Gasteiger partial charge is 0.272 e. The van der Waals surface area contributed by atoms with Crippen LogP contribution in [-0.4, -0.2) is 11.8 Å². The molecular formula is C21H24N2O2S. The summed E-state index contributed by atoms with van der Waals surface area (Å²) in [5, 5.41) is 0. The van der Waals surface area contributed by atoms with Gasteiger partial charge in [-0.05, 0) is 55.7 Å². The SMILES string of the molecule is O=C(NNC(=O)C1(c2ccccc2)CC1)c1cc2c(s1)CCCCCC2. The largest absolute Gasteiger partial charge is 0.279 e. The van der Waals surface area contributed by atoms with Crippen molar-refractivity contribution >= 4 is 23.2 Å². The van der Waals surface area contributed by atoms with Crippen LogP contribution >= 0.6 is 11.3 Å². The lowest BCUT2D eigenvalue weighted by Gasteiger charge is -2.15. The van der Waals surface area contributed by atoms with Gasteiger partial charge in [-0.15, -0.1) is 11.3 Å². The van der Waals surface area contributed by atoms with Gasteiger partial charge in [0.1, 0.15) is 0 Å². The van der Waals surface area contributed by atoms with E-state index in [-0.39, 0.29) is 11.8 Å². The highest BCUT2D eigenvalue weighted by molar-refractivity contribution is 7.14. The zero-order chi connectivity index (χ0) is 18.0. The number of hydrogen-bond acceptors (Lipinski definition) is 3. The van der Waals surface area contributed by atoms with E-state index >= 15 is 0 Å². The molecule has 2 amide bonds. The van der Waals surface area contributed by atoms with Gasteiger partial charge in [-0.25, -0.2) is 0 Å². The molecule has 1 fully saturated rings. The van der Waals surface area contributed by atoms with Crippen molar-refractivity contribution in [2.24, 2.45) is 0 Å². The van der Waals surface area contributed by atoms with Gasteiger partial charge in [0.15, 0.2) is 0 Å². The first-order valence-corrected chi connectivity index (χ1v) is 10.3. The highest BCUT2D eigenvalue weighted by atomic mass is 32.1. The minimum atomic E-state index is -0.473. The average molecular weight is 369 g/mol. The predicted octanol–water partition coefficient (Wildman–Crippen LogP) is 3.90. The predicted molar refractivity (Wildman–Crippen MR) is 103 cm³/mol. The van der Waals surface area contributed by atoms with Crippen LogP contribution in [0.5, 0.6) is 0 Å². The summed E-state index contributed by atoms with van der Waals surface area (Å²) in [5.74, 6) is -0.328. The number of carbonyl (C=O) groups excluding carboxylic acids is 2. The second-order valence-electron chi connectivity index (χ2n) is 7.33. The van der Waals surface area contributed by atoms with Crippen molar-refractivity contribution in [2.75, 3.05) is 0 Å². The number of carbonyl (C=O) groups is 2. The second-order valence-corrected chi connectivity index (χ2v) is 8.47. The van der Waals surface area contributed by atoms with E-state index in [1.54, 1.807) is 11.3 Å². The Morgan fingerprint density at radius 1 is 0.923 bits per heavy atom. The van der Waals surface area contributed by atoms with Gasteiger partial charge in [-0.1, -0.05) is 43.2 Å². The van der Waals surface area contributed by atoms with E-state index in [0.29, 0.717) is 4.88 Å². The zero-order valence-corrected chi connectivity index (χ0v) is 15.7. The summed E-state index contributed by atoms with van der Waals surface area (Å²) in [4.78, 5) is 27.2. The minimum Gasteiger partial charge on any atom is -0.272 e. The molecule has 5 heteroatoms.